The van der Waals surface area contributed by atoms with E-state index in [4.69, 9.17) is 4.74 Å². The summed E-state index contributed by atoms with van der Waals surface area (Å²) in [5.74, 6) is -0.346. The monoisotopic (exact) mass is 397 g/mol. The first-order valence-electron chi connectivity index (χ1n) is 8.84. The summed E-state index contributed by atoms with van der Waals surface area (Å²) in [7, 11) is 0. The highest BCUT2D eigenvalue weighted by Gasteiger charge is 2.30. The third-order valence-electron chi connectivity index (χ3n) is 3.63. The molecular weight excluding hydrogens is 371 g/mol. The number of nitrogens with zero attached hydrogens (tertiary/aromatic N) is 1. The Morgan fingerprint density at radius 3 is 2.18 bits per heavy atom. The van der Waals surface area contributed by atoms with E-state index >= 15 is 0 Å². The SMILES string of the molecule is C/C=C(\C=C/C(C)C=O)N(Cc1ccc(C(F)(F)F)cc1)C(=O)OC(C)(C)C. The molecule has 1 aromatic carbocycles. The minimum atomic E-state index is -4.43. The Hall–Kier alpha value is -2.57. The lowest BCUT2D eigenvalue weighted by molar-refractivity contribution is -0.137. The van der Waals surface area contributed by atoms with Gasteiger partial charge in [0.05, 0.1) is 12.1 Å². The van der Waals surface area contributed by atoms with Crippen LogP contribution in [0.2, 0.25) is 0 Å². The Morgan fingerprint density at radius 2 is 1.75 bits per heavy atom. The molecule has 0 aliphatic rings. The summed E-state index contributed by atoms with van der Waals surface area (Å²) < 4.78 is 43.7. The van der Waals surface area contributed by atoms with E-state index in [9.17, 15) is 22.8 Å². The van der Waals surface area contributed by atoms with Crippen LogP contribution < -0.4 is 0 Å². The van der Waals surface area contributed by atoms with Crippen LogP contribution in [0.5, 0.6) is 0 Å². The van der Waals surface area contributed by atoms with Gasteiger partial charge in [0, 0.05) is 11.6 Å². The minimum Gasteiger partial charge on any atom is -0.443 e. The molecule has 0 aliphatic carbocycles. The predicted octanol–water partition coefficient (Wildman–Crippen LogP) is 5.74. The molecule has 0 saturated carbocycles. The van der Waals surface area contributed by atoms with Crippen molar-refractivity contribution in [3.8, 4) is 0 Å². The van der Waals surface area contributed by atoms with Gasteiger partial charge in [-0.2, -0.15) is 13.2 Å². The molecule has 0 fully saturated rings. The maximum atomic E-state index is 12.8. The van der Waals surface area contributed by atoms with Gasteiger partial charge in [0.1, 0.15) is 11.9 Å². The van der Waals surface area contributed by atoms with Gasteiger partial charge >= 0.3 is 12.3 Å². The van der Waals surface area contributed by atoms with Gasteiger partial charge in [0.25, 0.3) is 0 Å². The van der Waals surface area contributed by atoms with Crippen LogP contribution in [0.3, 0.4) is 0 Å². The molecule has 0 radical (unpaired) electrons. The fraction of sp³-hybridized carbons (Fsp3) is 0.429. The first-order valence-corrected chi connectivity index (χ1v) is 8.84. The summed E-state index contributed by atoms with van der Waals surface area (Å²) in [5.41, 5.74) is -0.516. The van der Waals surface area contributed by atoms with E-state index in [0.717, 1.165) is 18.4 Å². The second-order valence-electron chi connectivity index (χ2n) is 7.33. The second-order valence-corrected chi connectivity index (χ2v) is 7.33. The van der Waals surface area contributed by atoms with Gasteiger partial charge < -0.3 is 9.53 Å². The number of rotatable bonds is 6. The average molecular weight is 397 g/mol. The Balaban J connectivity index is 3.17. The predicted molar refractivity (Wildman–Crippen MR) is 101 cm³/mol. The van der Waals surface area contributed by atoms with E-state index in [0.29, 0.717) is 11.3 Å². The zero-order chi connectivity index (χ0) is 21.5. The Bertz CT molecular complexity index is 729. The van der Waals surface area contributed by atoms with E-state index < -0.39 is 23.4 Å². The van der Waals surface area contributed by atoms with E-state index in [1.54, 1.807) is 52.8 Å². The van der Waals surface area contributed by atoms with Crippen molar-refractivity contribution in [1.82, 2.24) is 4.90 Å². The van der Waals surface area contributed by atoms with Gasteiger partial charge in [-0.25, -0.2) is 4.79 Å². The van der Waals surface area contributed by atoms with Crippen molar-refractivity contribution in [2.45, 2.75) is 52.9 Å². The molecule has 0 spiro atoms. The number of carbonyl (C=O) groups is 2. The molecule has 1 aromatic rings. The molecule has 0 saturated heterocycles. The number of hydrogen-bond acceptors (Lipinski definition) is 3. The maximum absolute atomic E-state index is 12.8. The maximum Gasteiger partial charge on any atom is 0.416 e. The summed E-state index contributed by atoms with van der Waals surface area (Å²) in [6.45, 7) is 8.61. The molecule has 4 nitrogen and oxygen atoms in total. The number of halogens is 3. The van der Waals surface area contributed by atoms with Gasteiger partial charge in [0.15, 0.2) is 0 Å². The van der Waals surface area contributed by atoms with Crippen molar-refractivity contribution in [1.29, 1.82) is 0 Å². The van der Waals surface area contributed by atoms with Gasteiger partial charge in [-0.3, -0.25) is 4.90 Å². The number of ether oxygens (including phenoxy) is 1. The van der Waals surface area contributed by atoms with Crippen LogP contribution in [0.15, 0.2) is 48.2 Å². The summed E-state index contributed by atoms with van der Waals surface area (Å²) >= 11 is 0. The molecule has 154 valence electrons. The smallest absolute Gasteiger partial charge is 0.416 e. The van der Waals surface area contributed by atoms with Gasteiger partial charge in [-0.15, -0.1) is 0 Å². The van der Waals surface area contributed by atoms with Crippen molar-refractivity contribution >= 4 is 12.4 Å². The van der Waals surface area contributed by atoms with Crippen molar-refractivity contribution < 1.29 is 27.5 Å². The molecule has 0 bridgehead atoms. The van der Waals surface area contributed by atoms with Crippen molar-refractivity contribution in [2.75, 3.05) is 0 Å². The summed E-state index contributed by atoms with van der Waals surface area (Å²) in [6, 6.07) is 4.60. The van der Waals surface area contributed by atoms with Gasteiger partial charge in [-0.05, 0) is 51.5 Å². The fourth-order valence-corrected chi connectivity index (χ4v) is 2.20. The molecule has 1 amide bonds. The minimum absolute atomic E-state index is 0.0204. The lowest BCUT2D eigenvalue weighted by Crippen LogP contribution is -2.35. The standard InChI is InChI=1S/C21H26F3NO3/c1-6-18(12-7-15(2)14-26)25(19(27)28-20(3,4)5)13-16-8-10-17(11-9-16)21(22,23)24/h6-12,14-15H,13H2,1-5H3/b12-7-,18-6+. The number of allylic oxidation sites excluding steroid dienone is 3. The highest BCUT2D eigenvalue weighted by atomic mass is 19.4. The highest BCUT2D eigenvalue weighted by molar-refractivity contribution is 5.71. The number of aldehydes is 1. The van der Waals surface area contributed by atoms with Crippen LogP contribution in [0, 0.1) is 5.92 Å². The molecule has 0 N–H and O–H groups in total. The third kappa shape index (κ3) is 7.58. The van der Waals surface area contributed by atoms with E-state index in [2.05, 4.69) is 0 Å². The second kappa shape index (κ2) is 9.57. The molecule has 7 heteroatoms. The summed E-state index contributed by atoms with van der Waals surface area (Å²) in [4.78, 5) is 24.8. The van der Waals surface area contributed by atoms with Crippen LogP contribution in [-0.4, -0.2) is 22.9 Å². The van der Waals surface area contributed by atoms with Crippen LogP contribution >= 0.6 is 0 Å². The lowest BCUT2D eigenvalue weighted by atomic mass is 10.1. The van der Waals surface area contributed by atoms with Crippen molar-refractivity contribution in [3.05, 3.63) is 59.3 Å². The van der Waals surface area contributed by atoms with Crippen LogP contribution in [0.1, 0.15) is 45.7 Å². The first-order chi connectivity index (χ1) is 12.9. The molecule has 0 heterocycles. The fourth-order valence-electron chi connectivity index (χ4n) is 2.20. The molecule has 1 rings (SSSR count). The summed E-state index contributed by atoms with van der Waals surface area (Å²) in [5, 5.41) is 0. The Morgan fingerprint density at radius 1 is 1.18 bits per heavy atom. The zero-order valence-corrected chi connectivity index (χ0v) is 16.7. The normalized spacial score (nSPS) is 14.1. The molecule has 1 unspecified atom stereocenters. The number of alkyl halides is 3. The first kappa shape index (κ1) is 23.5. The Kier molecular flexibility index (Phi) is 8.02. The van der Waals surface area contributed by atoms with Gasteiger partial charge in [0.2, 0.25) is 0 Å². The van der Waals surface area contributed by atoms with Crippen LogP contribution in [-0.2, 0) is 22.3 Å². The lowest BCUT2D eigenvalue weighted by Gasteiger charge is -2.28. The molecular formula is C21H26F3NO3. The number of benzene rings is 1. The third-order valence-corrected chi connectivity index (χ3v) is 3.63. The van der Waals surface area contributed by atoms with E-state index in [1.165, 1.54) is 17.0 Å². The molecule has 0 aliphatic heterocycles. The average Bonchev–Trinajstić information content (AvgIpc) is 2.59. The van der Waals surface area contributed by atoms with E-state index in [1.807, 2.05) is 0 Å². The quantitative estimate of drug-likeness (QED) is 0.454. The molecule has 0 aromatic heterocycles. The number of hydrogen-bond donors (Lipinski definition) is 0. The van der Waals surface area contributed by atoms with Gasteiger partial charge in [-0.1, -0.05) is 31.2 Å². The highest BCUT2D eigenvalue weighted by Crippen LogP contribution is 2.29. The number of amides is 1. The van der Waals surface area contributed by atoms with Crippen molar-refractivity contribution in [3.63, 3.8) is 0 Å². The van der Waals surface area contributed by atoms with E-state index in [-0.39, 0.29) is 12.5 Å². The number of carbonyl (C=O) groups excluding carboxylic acids is 2. The molecule has 1 atom stereocenters. The van der Waals surface area contributed by atoms with Crippen molar-refractivity contribution in [2.24, 2.45) is 5.92 Å². The Labute approximate surface area is 163 Å². The molecule has 28 heavy (non-hydrogen) atoms. The van der Waals surface area contributed by atoms with Crippen LogP contribution in [0.4, 0.5) is 18.0 Å². The topological polar surface area (TPSA) is 46.6 Å². The summed E-state index contributed by atoms with van der Waals surface area (Å²) in [6.07, 6.45) is 0.619. The van der Waals surface area contributed by atoms with Crippen LogP contribution in [0.25, 0.3) is 0 Å². The largest absolute Gasteiger partial charge is 0.443 e. The zero-order valence-electron chi connectivity index (χ0n) is 16.7.